The fraction of sp³-hybridized carbons (Fsp3) is 0.571. The predicted octanol–water partition coefficient (Wildman–Crippen LogP) is 1.64. The molecule has 0 saturated carbocycles. The lowest BCUT2D eigenvalue weighted by atomic mass is 10.0. The maximum absolute atomic E-state index is 6.06. The summed E-state index contributed by atoms with van der Waals surface area (Å²) >= 11 is 0. The zero-order valence-corrected chi connectivity index (χ0v) is 11.7. The van der Waals surface area contributed by atoms with Crippen LogP contribution >= 0.6 is 0 Å². The summed E-state index contributed by atoms with van der Waals surface area (Å²) in [7, 11) is 1.61. The van der Waals surface area contributed by atoms with E-state index >= 15 is 0 Å². The lowest BCUT2D eigenvalue weighted by Gasteiger charge is -2.31. The second kappa shape index (κ2) is 6.41. The van der Waals surface area contributed by atoms with Gasteiger partial charge in [0.2, 0.25) is 5.88 Å². The van der Waals surface area contributed by atoms with Crippen molar-refractivity contribution in [3.8, 4) is 5.88 Å². The normalized spacial score (nSPS) is 20.4. The first-order valence-electron chi connectivity index (χ1n) is 6.73. The smallest absolute Gasteiger partial charge is 0.213 e. The highest BCUT2D eigenvalue weighted by Gasteiger charge is 2.17. The number of ether oxygens (including phenoxy) is 1. The molecule has 5 nitrogen and oxygen atoms in total. The molecular weight excluding hydrogens is 240 g/mol. The van der Waals surface area contributed by atoms with Crippen LogP contribution in [-0.2, 0) is 6.54 Å². The van der Waals surface area contributed by atoms with E-state index in [1.54, 1.807) is 13.3 Å². The third-order valence-corrected chi connectivity index (χ3v) is 3.41. The number of aromatic nitrogens is 1. The molecule has 1 aliphatic rings. The summed E-state index contributed by atoms with van der Waals surface area (Å²) in [6.45, 7) is 4.84. The molecule has 0 spiro atoms. The molecule has 1 fully saturated rings. The van der Waals surface area contributed by atoms with Crippen molar-refractivity contribution in [1.82, 2.24) is 9.88 Å². The van der Waals surface area contributed by atoms with E-state index in [0.717, 1.165) is 18.7 Å². The SMILES string of the molecule is COc1cc(CN=C(N)N2CCCC(C)C2)ccn1. The van der Waals surface area contributed by atoms with Crippen LogP contribution in [0.2, 0.25) is 0 Å². The number of nitrogens with two attached hydrogens (primary N) is 1. The fourth-order valence-electron chi connectivity index (χ4n) is 2.33. The van der Waals surface area contributed by atoms with Crippen molar-refractivity contribution in [2.24, 2.45) is 16.6 Å². The monoisotopic (exact) mass is 262 g/mol. The van der Waals surface area contributed by atoms with E-state index in [1.165, 1.54) is 12.8 Å². The molecule has 2 heterocycles. The lowest BCUT2D eigenvalue weighted by molar-refractivity contribution is 0.270. The van der Waals surface area contributed by atoms with Crippen LogP contribution in [0.25, 0.3) is 0 Å². The van der Waals surface area contributed by atoms with Gasteiger partial charge in [-0.15, -0.1) is 0 Å². The van der Waals surface area contributed by atoms with Gasteiger partial charge in [0.1, 0.15) is 0 Å². The Labute approximate surface area is 114 Å². The van der Waals surface area contributed by atoms with Gasteiger partial charge in [0.05, 0.1) is 13.7 Å². The van der Waals surface area contributed by atoms with Gasteiger partial charge in [-0.1, -0.05) is 6.92 Å². The van der Waals surface area contributed by atoms with Gasteiger partial charge in [0.15, 0.2) is 5.96 Å². The first-order valence-corrected chi connectivity index (χ1v) is 6.73. The van der Waals surface area contributed by atoms with E-state index in [2.05, 4.69) is 21.8 Å². The molecule has 0 bridgehead atoms. The Morgan fingerprint density at radius 2 is 2.47 bits per heavy atom. The molecule has 1 aliphatic heterocycles. The number of hydrogen-bond donors (Lipinski definition) is 1. The number of rotatable bonds is 3. The summed E-state index contributed by atoms with van der Waals surface area (Å²) in [6, 6.07) is 3.81. The Bertz CT molecular complexity index is 447. The molecule has 1 unspecified atom stereocenters. The Kier molecular flexibility index (Phi) is 4.60. The quantitative estimate of drug-likeness (QED) is 0.664. The number of aliphatic imine (C=N–C) groups is 1. The standard InChI is InChI=1S/C14H22N4O/c1-11-4-3-7-18(10-11)14(15)17-9-12-5-6-16-13(8-12)19-2/h5-6,8,11H,3-4,7,9-10H2,1-2H3,(H2,15,17). The van der Waals surface area contributed by atoms with Crippen molar-refractivity contribution in [2.45, 2.75) is 26.3 Å². The highest BCUT2D eigenvalue weighted by molar-refractivity contribution is 5.78. The number of likely N-dealkylation sites (tertiary alicyclic amines) is 1. The van der Waals surface area contributed by atoms with Crippen molar-refractivity contribution >= 4 is 5.96 Å². The van der Waals surface area contributed by atoms with Crippen LogP contribution in [-0.4, -0.2) is 36.0 Å². The maximum atomic E-state index is 6.06. The number of guanidine groups is 1. The minimum absolute atomic E-state index is 0.565. The zero-order chi connectivity index (χ0) is 13.7. The van der Waals surface area contributed by atoms with Crippen LogP contribution in [0.15, 0.2) is 23.3 Å². The van der Waals surface area contributed by atoms with Crippen LogP contribution in [0, 0.1) is 5.92 Å². The molecule has 2 rings (SSSR count). The van der Waals surface area contributed by atoms with E-state index in [1.807, 2.05) is 12.1 Å². The van der Waals surface area contributed by atoms with E-state index in [4.69, 9.17) is 10.5 Å². The van der Waals surface area contributed by atoms with E-state index in [-0.39, 0.29) is 0 Å². The van der Waals surface area contributed by atoms with Crippen LogP contribution in [0.4, 0.5) is 0 Å². The number of methoxy groups -OCH3 is 1. The van der Waals surface area contributed by atoms with Crippen molar-refractivity contribution in [3.63, 3.8) is 0 Å². The average Bonchev–Trinajstić information content (AvgIpc) is 2.45. The molecule has 0 aromatic carbocycles. The Morgan fingerprint density at radius 3 is 3.21 bits per heavy atom. The molecule has 1 saturated heterocycles. The highest BCUT2D eigenvalue weighted by atomic mass is 16.5. The van der Waals surface area contributed by atoms with E-state index < -0.39 is 0 Å². The van der Waals surface area contributed by atoms with E-state index in [0.29, 0.717) is 24.3 Å². The lowest BCUT2D eigenvalue weighted by Crippen LogP contribution is -2.43. The molecule has 0 aliphatic carbocycles. The van der Waals surface area contributed by atoms with Gasteiger partial charge in [-0.25, -0.2) is 9.98 Å². The summed E-state index contributed by atoms with van der Waals surface area (Å²) in [5.74, 6) is 1.95. The Hall–Kier alpha value is -1.78. The molecular formula is C14H22N4O. The number of hydrogen-bond acceptors (Lipinski definition) is 3. The van der Waals surface area contributed by atoms with Crippen molar-refractivity contribution in [3.05, 3.63) is 23.9 Å². The number of pyridine rings is 1. The molecule has 1 atom stereocenters. The summed E-state index contributed by atoms with van der Waals surface area (Å²) in [5, 5.41) is 0. The van der Waals surface area contributed by atoms with Crippen molar-refractivity contribution in [2.75, 3.05) is 20.2 Å². The fourth-order valence-corrected chi connectivity index (χ4v) is 2.33. The molecule has 0 radical (unpaired) electrons. The van der Waals surface area contributed by atoms with Gasteiger partial charge >= 0.3 is 0 Å². The highest BCUT2D eigenvalue weighted by Crippen LogP contribution is 2.15. The Morgan fingerprint density at radius 1 is 1.63 bits per heavy atom. The summed E-state index contributed by atoms with van der Waals surface area (Å²) in [6.07, 6.45) is 4.20. The van der Waals surface area contributed by atoms with Gasteiger partial charge in [0.25, 0.3) is 0 Å². The molecule has 104 valence electrons. The summed E-state index contributed by atoms with van der Waals surface area (Å²) in [5.41, 5.74) is 7.11. The van der Waals surface area contributed by atoms with E-state index in [9.17, 15) is 0 Å². The molecule has 19 heavy (non-hydrogen) atoms. The Balaban J connectivity index is 1.96. The van der Waals surface area contributed by atoms with Crippen molar-refractivity contribution < 1.29 is 4.74 Å². The molecule has 1 aromatic rings. The largest absolute Gasteiger partial charge is 0.481 e. The molecule has 0 amide bonds. The topological polar surface area (TPSA) is 63.7 Å². The first-order chi connectivity index (χ1) is 9.19. The first kappa shape index (κ1) is 13.6. The number of piperidine rings is 1. The van der Waals surface area contributed by atoms with Gasteiger partial charge in [-0.3, -0.25) is 0 Å². The predicted molar refractivity (Wildman–Crippen MR) is 76.1 cm³/mol. The molecule has 5 heteroatoms. The van der Waals surface area contributed by atoms with Crippen LogP contribution in [0.1, 0.15) is 25.3 Å². The van der Waals surface area contributed by atoms with Crippen LogP contribution in [0.3, 0.4) is 0 Å². The zero-order valence-electron chi connectivity index (χ0n) is 11.7. The van der Waals surface area contributed by atoms with Gasteiger partial charge in [-0.2, -0.15) is 0 Å². The number of nitrogens with zero attached hydrogens (tertiary/aromatic N) is 3. The third kappa shape index (κ3) is 3.84. The van der Waals surface area contributed by atoms with Crippen LogP contribution in [0.5, 0.6) is 5.88 Å². The summed E-state index contributed by atoms with van der Waals surface area (Å²) < 4.78 is 5.09. The summed E-state index contributed by atoms with van der Waals surface area (Å²) in [4.78, 5) is 10.7. The van der Waals surface area contributed by atoms with Gasteiger partial charge in [0, 0.05) is 25.4 Å². The third-order valence-electron chi connectivity index (χ3n) is 3.41. The minimum Gasteiger partial charge on any atom is -0.481 e. The van der Waals surface area contributed by atoms with Crippen molar-refractivity contribution in [1.29, 1.82) is 0 Å². The van der Waals surface area contributed by atoms with Gasteiger partial charge < -0.3 is 15.4 Å². The molecule has 2 N–H and O–H groups in total. The average molecular weight is 262 g/mol. The molecule has 1 aromatic heterocycles. The van der Waals surface area contributed by atoms with Gasteiger partial charge in [-0.05, 0) is 30.4 Å². The minimum atomic E-state index is 0.565. The second-order valence-electron chi connectivity index (χ2n) is 5.07. The second-order valence-corrected chi connectivity index (χ2v) is 5.07. The maximum Gasteiger partial charge on any atom is 0.213 e. The van der Waals surface area contributed by atoms with Crippen LogP contribution < -0.4 is 10.5 Å².